The number of carbonyl (C=O) groups is 2. The molecule has 2 amide bonds. The van der Waals surface area contributed by atoms with Gasteiger partial charge in [-0.15, -0.1) is 0 Å². The molecule has 0 saturated carbocycles. The second-order valence-corrected chi connectivity index (χ2v) is 5.42. The highest BCUT2D eigenvalue weighted by molar-refractivity contribution is 5.98. The number of fused-ring (bicyclic) bond motifs is 1. The molecule has 0 fully saturated rings. The Morgan fingerprint density at radius 1 is 1.54 bits per heavy atom. The third-order valence-corrected chi connectivity index (χ3v) is 3.80. The van der Waals surface area contributed by atoms with Gasteiger partial charge in [-0.3, -0.25) is 9.59 Å². The van der Waals surface area contributed by atoms with E-state index in [-0.39, 0.29) is 23.7 Å². The molecule has 2 rings (SSSR count). The van der Waals surface area contributed by atoms with Crippen molar-refractivity contribution in [2.24, 2.45) is 0 Å². The summed E-state index contributed by atoms with van der Waals surface area (Å²) in [4.78, 5) is 28.3. The van der Waals surface area contributed by atoms with E-state index in [4.69, 9.17) is 4.74 Å². The zero-order valence-corrected chi connectivity index (χ0v) is 14.1. The van der Waals surface area contributed by atoms with Crippen LogP contribution in [0.5, 0.6) is 5.88 Å². The molecule has 0 spiro atoms. The average molecular weight is 330 g/mol. The molecule has 7 nitrogen and oxygen atoms in total. The molecule has 1 aliphatic heterocycles. The Kier molecular flexibility index (Phi) is 5.70. The van der Waals surface area contributed by atoms with Crippen molar-refractivity contribution in [1.29, 1.82) is 0 Å². The summed E-state index contributed by atoms with van der Waals surface area (Å²) in [5, 5.41) is 8.31. The number of anilines is 2. The van der Waals surface area contributed by atoms with E-state index in [0.29, 0.717) is 17.9 Å². The third kappa shape index (κ3) is 3.99. The van der Waals surface area contributed by atoms with Gasteiger partial charge < -0.3 is 20.7 Å². The zero-order chi connectivity index (χ0) is 17.7. The van der Waals surface area contributed by atoms with Crippen molar-refractivity contribution in [3.8, 4) is 5.88 Å². The molecular formula is C17H22N4O3. The number of aromatic nitrogens is 1. The Morgan fingerprint density at radius 3 is 2.92 bits per heavy atom. The predicted molar refractivity (Wildman–Crippen MR) is 93.0 cm³/mol. The molecule has 0 aromatic carbocycles. The van der Waals surface area contributed by atoms with E-state index >= 15 is 0 Å². The van der Waals surface area contributed by atoms with Crippen LogP contribution in [0.1, 0.15) is 20.3 Å². The highest BCUT2D eigenvalue weighted by Gasteiger charge is 2.29. The molecule has 2 heterocycles. The standard InChI is InChI=1S/C17H22N4O3/c1-5-11(6-2)9-13-16(23)19-12-7-8-14(21-17(12)24-13)20-15(22)10(3)18-4/h5-8,10,13,18H,1,9H2,2-4H3,(H,19,23)(H,20,21,22). The monoisotopic (exact) mass is 330 g/mol. The minimum absolute atomic E-state index is 0.204. The van der Waals surface area contributed by atoms with Gasteiger partial charge in [0.05, 0.1) is 6.04 Å². The average Bonchev–Trinajstić information content (AvgIpc) is 2.59. The molecule has 1 aromatic rings. The van der Waals surface area contributed by atoms with E-state index in [1.165, 1.54) is 0 Å². The first-order valence-electron chi connectivity index (χ1n) is 7.72. The molecule has 0 bridgehead atoms. The van der Waals surface area contributed by atoms with E-state index < -0.39 is 6.10 Å². The fraction of sp³-hybridized carbons (Fsp3) is 0.353. The smallest absolute Gasteiger partial charge is 0.266 e. The zero-order valence-electron chi connectivity index (χ0n) is 14.1. The largest absolute Gasteiger partial charge is 0.462 e. The number of ether oxygens (including phenoxy) is 1. The fourth-order valence-electron chi connectivity index (χ4n) is 2.13. The topological polar surface area (TPSA) is 92.3 Å². The van der Waals surface area contributed by atoms with E-state index in [9.17, 15) is 9.59 Å². The van der Waals surface area contributed by atoms with Crippen LogP contribution in [0.2, 0.25) is 0 Å². The lowest BCUT2D eigenvalue weighted by atomic mass is 10.1. The molecule has 128 valence electrons. The van der Waals surface area contributed by atoms with Gasteiger partial charge in [0.25, 0.3) is 5.91 Å². The lowest BCUT2D eigenvalue weighted by molar-refractivity contribution is -0.123. The van der Waals surface area contributed by atoms with Crippen LogP contribution >= 0.6 is 0 Å². The number of likely N-dealkylation sites (N-methyl/N-ethyl adjacent to an activating group) is 1. The van der Waals surface area contributed by atoms with Crippen molar-refractivity contribution >= 4 is 23.3 Å². The molecule has 7 heteroatoms. The van der Waals surface area contributed by atoms with Crippen LogP contribution in [-0.2, 0) is 9.59 Å². The lowest BCUT2D eigenvalue weighted by Gasteiger charge is -2.25. The Balaban J connectivity index is 2.16. The molecule has 2 atom stereocenters. The van der Waals surface area contributed by atoms with Gasteiger partial charge in [-0.05, 0) is 38.6 Å². The lowest BCUT2D eigenvalue weighted by Crippen LogP contribution is -2.38. The number of nitrogens with zero attached hydrogens (tertiary/aromatic N) is 1. The van der Waals surface area contributed by atoms with Crippen molar-refractivity contribution in [2.75, 3.05) is 17.7 Å². The number of pyridine rings is 1. The fourth-order valence-corrected chi connectivity index (χ4v) is 2.13. The molecule has 0 saturated heterocycles. The van der Waals surface area contributed by atoms with Gasteiger partial charge in [0.1, 0.15) is 11.5 Å². The molecule has 1 aliphatic rings. The summed E-state index contributed by atoms with van der Waals surface area (Å²) in [5.74, 6) is 0.218. The van der Waals surface area contributed by atoms with Gasteiger partial charge in [0.15, 0.2) is 6.10 Å². The summed E-state index contributed by atoms with van der Waals surface area (Å²) in [6.45, 7) is 7.33. The van der Waals surface area contributed by atoms with Crippen molar-refractivity contribution in [2.45, 2.75) is 32.4 Å². The number of nitrogens with one attached hydrogen (secondary N) is 3. The third-order valence-electron chi connectivity index (χ3n) is 3.80. The maximum atomic E-state index is 12.1. The number of amides is 2. The maximum Gasteiger partial charge on any atom is 0.266 e. The molecular weight excluding hydrogens is 308 g/mol. The summed E-state index contributed by atoms with van der Waals surface area (Å²) in [7, 11) is 1.70. The van der Waals surface area contributed by atoms with Gasteiger partial charge in [0.2, 0.25) is 11.8 Å². The minimum Gasteiger partial charge on any atom is -0.462 e. The van der Waals surface area contributed by atoms with Crippen LogP contribution in [0.4, 0.5) is 11.5 Å². The highest BCUT2D eigenvalue weighted by Crippen LogP contribution is 2.30. The SMILES string of the molecule is C=CC(=CC)CC1Oc2nc(NC(=O)C(C)NC)ccc2NC1=O. The number of hydrogen-bond donors (Lipinski definition) is 3. The van der Waals surface area contributed by atoms with Crippen molar-refractivity contribution < 1.29 is 14.3 Å². The van der Waals surface area contributed by atoms with Crippen LogP contribution < -0.4 is 20.7 Å². The second-order valence-electron chi connectivity index (χ2n) is 5.42. The molecule has 2 unspecified atom stereocenters. The van der Waals surface area contributed by atoms with E-state index in [1.807, 2.05) is 13.0 Å². The van der Waals surface area contributed by atoms with Crippen molar-refractivity contribution in [3.63, 3.8) is 0 Å². The number of hydrogen-bond acceptors (Lipinski definition) is 5. The first-order valence-corrected chi connectivity index (χ1v) is 7.72. The number of allylic oxidation sites excluding steroid dienone is 2. The van der Waals surface area contributed by atoms with Crippen LogP contribution in [0.25, 0.3) is 0 Å². The highest BCUT2D eigenvalue weighted by atomic mass is 16.5. The molecule has 0 aliphatic carbocycles. The minimum atomic E-state index is -0.684. The van der Waals surface area contributed by atoms with E-state index in [0.717, 1.165) is 5.57 Å². The summed E-state index contributed by atoms with van der Waals surface area (Å²) >= 11 is 0. The van der Waals surface area contributed by atoms with Crippen LogP contribution in [0, 0.1) is 0 Å². The Bertz CT molecular complexity index is 684. The summed E-state index contributed by atoms with van der Waals surface area (Å²) in [6, 6.07) is 2.92. The van der Waals surface area contributed by atoms with Crippen molar-refractivity contribution in [3.05, 3.63) is 36.4 Å². The van der Waals surface area contributed by atoms with Crippen LogP contribution in [0.3, 0.4) is 0 Å². The Hall–Kier alpha value is -2.67. The number of carbonyl (C=O) groups excluding carboxylic acids is 2. The summed E-state index contributed by atoms with van der Waals surface area (Å²) < 4.78 is 5.71. The Morgan fingerprint density at radius 2 is 2.29 bits per heavy atom. The van der Waals surface area contributed by atoms with Crippen LogP contribution in [-0.4, -0.2) is 36.0 Å². The summed E-state index contributed by atoms with van der Waals surface area (Å²) in [6.07, 6.45) is 3.29. The van der Waals surface area contributed by atoms with Gasteiger partial charge in [-0.1, -0.05) is 18.7 Å². The maximum absolute atomic E-state index is 12.1. The van der Waals surface area contributed by atoms with Gasteiger partial charge in [-0.25, -0.2) is 0 Å². The van der Waals surface area contributed by atoms with E-state index in [1.54, 1.807) is 32.2 Å². The molecule has 1 aromatic heterocycles. The number of rotatable bonds is 6. The first-order chi connectivity index (χ1) is 11.5. The Labute approximate surface area is 141 Å². The second kappa shape index (κ2) is 7.74. The van der Waals surface area contributed by atoms with Gasteiger partial charge in [-0.2, -0.15) is 4.98 Å². The van der Waals surface area contributed by atoms with Gasteiger partial charge in [0, 0.05) is 6.42 Å². The molecule has 0 radical (unpaired) electrons. The van der Waals surface area contributed by atoms with Gasteiger partial charge >= 0.3 is 0 Å². The van der Waals surface area contributed by atoms with Crippen LogP contribution in [0.15, 0.2) is 36.4 Å². The molecule has 24 heavy (non-hydrogen) atoms. The predicted octanol–water partition coefficient (Wildman–Crippen LogP) is 1.85. The molecule has 3 N–H and O–H groups in total. The normalized spacial score (nSPS) is 18.0. The van der Waals surface area contributed by atoms with Crippen molar-refractivity contribution in [1.82, 2.24) is 10.3 Å². The quantitative estimate of drug-likeness (QED) is 0.692. The summed E-state index contributed by atoms with van der Waals surface area (Å²) in [5.41, 5.74) is 1.39. The van der Waals surface area contributed by atoms with E-state index in [2.05, 4.69) is 27.5 Å². The first kappa shape index (κ1) is 17.7.